The second-order valence-corrected chi connectivity index (χ2v) is 9.77. The molecule has 0 radical (unpaired) electrons. The highest BCUT2D eigenvalue weighted by Gasteiger charge is 2.45. The molecule has 0 unspecified atom stereocenters. The van der Waals surface area contributed by atoms with E-state index in [0.717, 1.165) is 25.8 Å². The summed E-state index contributed by atoms with van der Waals surface area (Å²) in [7, 11) is 0. The van der Waals surface area contributed by atoms with Crippen molar-refractivity contribution in [3.05, 3.63) is 0 Å². The van der Waals surface area contributed by atoms with Crippen molar-refractivity contribution in [2.75, 3.05) is 26.2 Å². The van der Waals surface area contributed by atoms with Crippen molar-refractivity contribution in [3.8, 4) is 0 Å². The third kappa shape index (κ3) is 5.77. The summed E-state index contributed by atoms with van der Waals surface area (Å²) in [5, 5.41) is 3.14. The molecule has 1 amide bonds. The number of carbonyl (C=O) groups is 1. The summed E-state index contributed by atoms with van der Waals surface area (Å²) < 4.78 is 0. The number of hydrogen-bond donors (Lipinski definition) is 1. The van der Waals surface area contributed by atoms with Crippen molar-refractivity contribution in [2.24, 2.45) is 22.7 Å². The molecule has 1 heterocycles. The standard InChI is InChI=1S/C20H38N2O/c1-16(2)8-12-21-18(23)17-6-9-20(10-7-17)14-22(15-20)13-11-19(3,4)5/h16-17H,6-15H2,1-5H3,(H,21,23). The summed E-state index contributed by atoms with van der Waals surface area (Å²) in [6.45, 7) is 16.0. The van der Waals surface area contributed by atoms with Crippen molar-refractivity contribution in [1.82, 2.24) is 10.2 Å². The van der Waals surface area contributed by atoms with E-state index in [0.29, 0.717) is 22.7 Å². The molecule has 0 bridgehead atoms. The Morgan fingerprint density at radius 3 is 2.35 bits per heavy atom. The monoisotopic (exact) mass is 322 g/mol. The highest BCUT2D eigenvalue weighted by Crippen LogP contribution is 2.45. The zero-order valence-electron chi connectivity index (χ0n) is 16.1. The Kier molecular flexibility index (Phi) is 6.16. The molecule has 1 N–H and O–H groups in total. The molecule has 1 saturated carbocycles. The van der Waals surface area contributed by atoms with Gasteiger partial charge in [-0.15, -0.1) is 0 Å². The van der Waals surface area contributed by atoms with Crippen LogP contribution in [0.5, 0.6) is 0 Å². The molecule has 23 heavy (non-hydrogen) atoms. The first kappa shape index (κ1) is 18.8. The second kappa shape index (κ2) is 7.55. The van der Waals surface area contributed by atoms with Gasteiger partial charge in [-0.2, -0.15) is 0 Å². The van der Waals surface area contributed by atoms with E-state index in [1.807, 2.05) is 0 Å². The van der Waals surface area contributed by atoms with Gasteiger partial charge in [0.1, 0.15) is 0 Å². The third-order valence-corrected chi connectivity index (χ3v) is 5.73. The molecule has 0 atom stereocenters. The Labute approximate surface area is 143 Å². The van der Waals surface area contributed by atoms with Crippen molar-refractivity contribution in [1.29, 1.82) is 0 Å². The van der Waals surface area contributed by atoms with Crippen LogP contribution in [0, 0.1) is 22.7 Å². The highest BCUT2D eigenvalue weighted by molar-refractivity contribution is 5.78. The van der Waals surface area contributed by atoms with Gasteiger partial charge in [0.25, 0.3) is 0 Å². The van der Waals surface area contributed by atoms with Gasteiger partial charge in [0.05, 0.1) is 0 Å². The van der Waals surface area contributed by atoms with Crippen LogP contribution in [0.4, 0.5) is 0 Å². The zero-order valence-corrected chi connectivity index (χ0v) is 16.1. The van der Waals surface area contributed by atoms with Gasteiger partial charge in [-0.1, -0.05) is 34.6 Å². The van der Waals surface area contributed by atoms with Crippen LogP contribution in [0.15, 0.2) is 0 Å². The number of rotatable bonds is 6. The number of likely N-dealkylation sites (tertiary alicyclic amines) is 1. The predicted molar refractivity (Wildman–Crippen MR) is 97.4 cm³/mol. The number of nitrogens with one attached hydrogen (secondary N) is 1. The predicted octanol–water partition coefficient (Wildman–Crippen LogP) is 4.08. The van der Waals surface area contributed by atoms with Crippen molar-refractivity contribution in [2.45, 2.75) is 73.1 Å². The normalized spacial score (nSPS) is 22.3. The van der Waals surface area contributed by atoms with Crippen LogP contribution in [0.25, 0.3) is 0 Å². The number of amides is 1. The van der Waals surface area contributed by atoms with E-state index in [2.05, 4.69) is 44.8 Å². The van der Waals surface area contributed by atoms with Crippen molar-refractivity contribution >= 4 is 5.91 Å². The summed E-state index contributed by atoms with van der Waals surface area (Å²) in [6.07, 6.45) is 7.07. The molecule has 1 aliphatic carbocycles. The van der Waals surface area contributed by atoms with E-state index in [1.165, 1.54) is 38.9 Å². The van der Waals surface area contributed by atoms with E-state index >= 15 is 0 Å². The molecule has 2 fully saturated rings. The molecule has 3 nitrogen and oxygen atoms in total. The van der Waals surface area contributed by atoms with Crippen molar-refractivity contribution < 1.29 is 4.79 Å². The smallest absolute Gasteiger partial charge is 0.223 e. The maximum Gasteiger partial charge on any atom is 0.223 e. The summed E-state index contributed by atoms with van der Waals surface area (Å²) in [5.41, 5.74) is 0.987. The van der Waals surface area contributed by atoms with Crippen LogP contribution in [0.3, 0.4) is 0 Å². The quantitative estimate of drug-likeness (QED) is 0.799. The SMILES string of the molecule is CC(C)CCNC(=O)C1CCC2(CC1)CN(CCC(C)(C)C)C2. The first-order valence-electron chi connectivity index (χ1n) is 9.69. The molecule has 2 aliphatic rings. The topological polar surface area (TPSA) is 32.3 Å². The number of carbonyl (C=O) groups excluding carboxylic acids is 1. The van der Waals surface area contributed by atoms with Crippen LogP contribution in [0.1, 0.15) is 73.1 Å². The zero-order chi connectivity index (χ0) is 17.1. The molecule has 2 rings (SSSR count). The molecule has 134 valence electrons. The summed E-state index contributed by atoms with van der Waals surface area (Å²) >= 11 is 0. The maximum absolute atomic E-state index is 12.3. The van der Waals surface area contributed by atoms with Gasteiger partial charge in [0.2, 0.25) is 5.91 Å². The Morgan fingerprint density at radius 1 is 1.22 bits per heavy atom. The average Bonchev–Trinajstić information content (AvgIpc) is 2.42. The molecular weight excluding hydrogens is 284 g/mol. The molecule has 1 spiro atoms. The van der Waals surface area contributed by atoms with Crippen LogP contribution < -0.4 is 5.32 Å². The van der Waals surface area contributed by atoms with Gasteiger partial charge in [-0.3, -0.25) is 4.79 Å². The van der Waals surface area contributed by atoms with E-state index in [-0.39, 0.29) is 5.92 Å². The molecule has 1 saturated heterocycles. The lowest BCUT2D eigenvalue weighted by Gasteiger charge is -2.54. The summed E-state index contributed by atoms with van der Waals surface area (Å²) in [5.74, 6) is 1.25. The Morgan fingerprint density at radius 2 is 1.83 bits per heavy atom. The molecule has 0 aromatic rings. The Balaban J connectivity index is 1.64. The largest absolute Gasteiger partial charge is 0.356 e. The second-order valence-electron chi connectivity index (χ2n) is 9.77. The first-order valence-corrected chi connectivity index (χ1v) is 9.69. The minimum absolute atomic E-state index is 0.274. The minimum atomic E-state index is 0.274. The van der Waals surface area contributed by atoms with Crippen LogP contribution in [-0.4, -0.2) is 37.0 Å². The summed E-state index contributed by atoms with van der Waals surface area (Å²) in [4.78, 5) is 14.9. The van der Waals surface area contributed by atoms with Gasteiger partial charge >= 0.3 is 0 Å². The van der Waals surface area contributed by atoms with Crippen LogP contribution >= 0.6 is 0 Å². The van der Waals surface area contributed by atoms with Crippen molar-refractivity contribution in [3.63, 3.8) is 0 Å². The molecule has 0 aromatic heterocycles. The fourth-order valence-electron chi connectivity index (χ4n) is 3.99. The fourth-order valence-corrected chi connectivity index (χ4v) is 3.99. The average molecular weight is 323 g/mol. The first-order chi connectivity index (χ1) is 10.7. The number of hydrogen-bond acceptors (Lipinski definition) is 2. The maximum atomic E-state index is 12.3. The number of nitrogens with zero attached hydrogens (tertiary/aromatic N) is 1. The third-order valence-electron chi connectivity index (χ3n) is 5.73. The molecule has 3 heteroatoms. The molecule has 0 aromatic carbocycles. The van der Waals surface area contributed by atoms with Gasteiger partial charge < -0.3 is 10.2 Å². The molecule has 1 aliphatic heterocycles. The lowest BCUT2D eigenvalue weighted by Crippen LogP contribution is -2.58. The summed E-state index contributed by atoms with van der Waals surface area (Å²) in [6, 6.07) is 0. The van der Waals surface area contributed by atoms with Crippen LogP contribution in [-0.2, 0) is 4.79 Å². The Bertz CT molecular complexity index is 381. The van der Waals surface area contributed by atoms with Gasteiger partial charge in [0, 0.05) is 25.6 Å². The lowest BCUT2D eigenvalue weighted by atomic mass is 9.65. The van der Waals surface area contributed by atoms with E-state index in [9.17, 15) is 4.79 Å². The van der Waals surface area contributed by atoms with Gasteiger partial charge in [-0.05, 0) is 61.8 Å². The van der Waals surface area contributed by atoms with E-state index < -0.39 is 0 Å². The van der Waals surface area contributed by atoms with Gasteiger partial charge in [-0.25, -0.2) is 0 Å². The lowest BCUT2D eigenvalue weighted by molar-refractivity contribution is -0.128. The fraction of sp³-hybridized carbons (Fsp3) is 0.950. The van der Waals surface area contributed by atoms with E-state index in [4.69, 9.17) is 0 Å². The minimum Gasteiger partial charge on any atom is -0.356 e. The Hall–Kier alpha value is -0.570. The highest BCUT2D eigenvalue weighted by atomic mass is 16.1. The van der Waals surface area contributed by atoms with Crippen LogP contribution in [0.2, 0.25) is 0 Å². The van der Waals surface area contributed by atoms with E-state index in [1.54, 1.807) is 0 Å². The molecular formula is C20H38N2O. The van der Waals surface area contributed by atoms with Gasteiger partial charge in [0.15, 0.2) is 0 Å².